The number of hydrogen-bond donors (Lipinski definition) is 1. The van der Waals surface area contributed by atoms with Gasteiger partial charge in [0.25, 0.3) is 6.43 Å². The van der Waals surface area contributed by atoms with Gasteiger partial charge in [-0.25, -0.2) is 8.78 Å². The predicted molar refractivity (Wildman–Crippen MR) is 77.8 cm³/mol. The van der Waals surface area contributed by atoms with Gasteiger partial charge in [-0.1, -0.05) is 48.5 Å². The molecule has 3 heteroatoms. The van der Waals surface area contributed by atoms with Crippen LogP contribution in [0.3, 0.4) is 0 Å². The van der Waals surface area contributed by atoms with Gasteiger partial charge in [0.05, 0.1) is 0 Å². The van der Waals surface area contributed by atoms with E-state index in [1.54, 1.807) is 12.1 Å². The first-order chi connectivity index (χ1) is 9.58. The van der Waals surface area contributed by atoms with Crippen molar-refractivity contribution in [2.75, 3.05) is 0 Å². The number of nitrogens with one attached hydrogen (secondary N) is 1. The van der Waals surface area contributed by atoms with Gasteiger partial charge in [0.15, 0.2) is 0 Å². The monoisotopic (exact) mass is 275 g/mol. The largest absolute Gasteiger partial charge is 0.306 e. The molecule has 0 heterocycles. The number of benzene rings is 2. The highest BCUT2D eigenvalue weighted by Gasteiger charge is 2.08. The zero-order valence-corrected chi connectivity index (χ0v) is 11.7. The molecule has 106 valence electrons. The van der Waals surface area contributed by atoms with Gasteiger partial charge in [0.2, 0.25) is 0 Å². The third-order valence-electron chi connectivity index (χ3n) is 3.50. The van der Waals surface area contributed by atoms with Crippen LogP contribution < -0.4 is 5.32 Å². The molecule has 0 radical (unpaired) electrons. The Balaban J connectivity index is 1.96. The summed E-state index contributed by atoms with van der Waals surface area (Å²) in [6.07, 6.45) is -2.40. The van der Waals surface area contributed by atoms with Crippen LogP contribution in [-0.2, 0) is 6.54 Å². The van der Waals surface area contributed by atoms with Crippen molar-refractivity contribution >= 4 is 0 Å². The molecule has 0 fully saturated rings. The van der Waals surface area contributed by atoms with Gasteiger partial charge in [0, 0.05) is 18.2 Å². The fourth-order valence-corrected chi connectivity index (χ4v) is 2.23. The Kier molecular flexibility index (Phi) is 4.85. The van der Waals surface area contributed by atoms with Gasteiger partial charge >= 0.3 is 0 Å². The topological polar surface area (TPSA) is 12.0 Å². The van der Waals surface area contributed by atoms with E-state index in [1.165, 1.54) is 23.3 Å². The summed E-state index contributed by atoms with van der Waals surface area (Å²) >= 11 is 0. The Morgan fingerprint density at radius 2 is 1.65 bits per heavy atom. The van der Waals surface area contributed by atoms with E-state index in [0.29, 0.717) is 6.54 Å². The van der Waals surface area contributed by atoms with Gasteiger partial charge in [-0.3, -0.25) is 0 Å². The quantitative estimate of drug-likeness (QED) is 0.827. The molecule has 0 saturated carbocycles. The van der Waals surface area contributed by atoms with Crippen molar-refractivity contribution in [2.45, 2.75) is 32.9 Å². The first-order valence-corrected chi connectivity index (χ1v) is 6.74. The maximum absolute atomic E-state index is 12.5. The van der Waals surface area contributed by atoms with Crippen LogP contribution in [0.1, 0.15) is 41.6 Å². The molecule has 1 N–H and O–H groups in total. The number of halogens is 2. The van der Waals surface area contributed by atoms with Crippen LogP contribution in [0, 0.1) is 6.92 Å². The van der Waals surface area contributed by atoms with Crippen LogP contribution in [0.5, 0.6) is 0 Å². The molecule has 0 amide bonds. The zero-order chi connectivity index (χ0) is 14.5. The maximum Gasteiger partial charge on any atom is 0.263 e. The second-order valence-corrected chi connectivity index (χ2v) is 5.00. The zero-order valence-electron chi connectivity index (χ0n) is 11.7. The highest BCUT2D eigenvalue weighted by atomic mass is 19.3. The minimum absolute atomic E-state index is 0.0701. The maximum atomic E-state index is 12.5. The average Bonchev–Trinajstić information content (AvgIpc) is 2.45. The Labute approximate surface area is 118 Å². The average molecular weight is 275 g/mol. The van der Waals surface area contributed by atoms with Crippen LogP contribution in [0.2, 0.25) is 0 Å². The summed E-state index contributed by atoms with van der Waals surface area (Å²) in [4.78, 5) is 0. The molecule has 0 spiro atoms. The van der Waals surface area contributed by atoms with Crippen molar-refractivity contribution in [3.63, 3.8) is 0 Å². The summed E-state index contributed by atoms with van der Waals surface area (Å²) < 4.78 is 24.9. The second-order valence-electron chi connectivity index (χ2n) is 5.00. The molecule has 0 aliphatic heterocycles. The van der Waals surface area contributed by atoms with Gasteiger partial charge in [-0.05, 0) is 30.5 Å². The highest BCUT2D eigenvalue weighted by Crippen LogP contribution is 2.20. The molecule has 0 aliphatic carbocycles. The third kappa shape index (κ3) is 3.64. The van der Waals surface area contributed by atoms with Crippen molar-refractivity contribution in [3.8, 4) is 0 Å². The van der Waals surface area contributed by atoms with E-state index in [4.69, 9.17) is 0 Å². The number of alkyl halides is 2. The van der Waals surface area contributed by atoms with Gasteiger partial charge < -0.3 is 5.32 Å². The van der Waals surface area contributed by atoms with Gasteiger partial charge in [0.1, 0.15) is 0 Å². The van der Waals surface area contributed by atoms with E-state index in [9.17, 15) is 8.78 Å². The Hall–Kier alpha value is -1.74. The Morgan fingerprint density at radius 1 is 1.00 bits per heavy atom. The summed E-state index contributed by atoms with van der Waals surface area (Å²) in [5, 5.41) is 3.42. The van der Waals surface area contributed by atoms with E-state index in [0.717, 1.165) is 5.56 Å². The number of hydrogen-bond acceptors (Lipinski definition) is 1. The molecule has 2 aromatic rings. The minimum atomic E-state index is -2.40. The SMILES string of the molecule is Cc1ccccc1[C@@H](C)NCc1ccc(C(F)F)cc1. The molecule has 0 unspecified atom stereocenters. The third-order valence-corrected chi connectivity index (χ3v) is 3.50. The van der Waals surface area contributed by atoms with Gasteiger partial charge in [-0.2, -0.15) is 0 Å². The normalized spacial score (nSPS) is 12.7. The lowest BCUT2D eigenvalue weighted by atomic mass is 10.0. The van der Waals surface area contributed by atoms with E-state index in [-0.39, 0.29) is 11.6 Å². The van der Waals surface area contributed by atoms with Crippen molar-refractivity contribution in [3.05, 3.63) is 70.8 Å². The number of rotatable bonds is 5. The molecule has 2 rings (SSSR count). The summed E-state index contributed by atoms with van der Waals surface area (Å²) in [7, 11) is 0. The predicted octanol–water partition coefficient (Wildman–Crippen LogP) is 4.78. The summed E-state index contributed by atoms with van der Waals surface area (Å²) in [5.74, 6) is 0. The summed E-state index contributed by atoms with van der Waals surface area (Å²) in [5.41, 5.74) is 3.59. The summed E-state index contributed by atoms with van der Waals surface area (Å²) in [6.45, 7) is 4.86. The van der Waals surface area contributed by atoms with Crippen LogP contribution in [0.4, 0.5) is 8.78 Å². The molecule has 0 bridgehead atoms. The Morgan fingerprint density at radius 3 is 2.25 bits per heavy atom. The highest BCUT2D eigenvalue weighted by molar-refractivity contribution is 5.28. The molecule has 0 saturated heterocycles. The molecule has 1 nitrogen and oxygen atoms in total. The Bertz CT molecular complexity index is 549. The van der Waals surface area contributed by atoms with Crippen molar-refractivity contribution < 1.29 is 8.78 Å². The molecule has 20 heavy (non-hydrogen) atoms. The molecule has 0 aliphatic rings. The fourth-order valence-electron chi connectivity index (χ4n) is 2.23. The lowest BCUT2D eigenvalue weighted by molar-refractivity contribution is 0.151. The lowest BCUT2D eigenvalue weighted by Gasteiger charge is -2.16. The van der Waals surface area contributed by atoms with Crippen molar-refractivity contribution in [2.24, 2.45) is 0 Å². The molecule has 1 atom stereocenters. The smallest absolute Gasteiger partial charge is 0.263 e. The minimum Gasteiger partial charge on any atom is -0.306 e. The van der Waals surface area contributed by atoms with Gasteiger partial charge in [-0.15, -0.1) is 0 Å². The standard InChI is InChI=1S/C17H19F2N/c1-12-5-3-4-6-16(12)13(2)20-11-14-7-9-15(10-8-14)17(18)19/h3-10,13,17,20H,11H2,1-2H3/t13-/m1/s1. The molecular weight excluding hydrogens is 256 g/mol. The van der Waals surface area contributed by atoms with Crippen LogP contribution >= 0.6 is 0 Å². The first kappa shape index (κ1) is 14.7. The second kappa shape index (κ2) is 6.62. The molecular formula is C17H19F2N. The number of aryl methyl sites for hydroxylation is 1. The molecule has 0 aromatic heterocycles. The summed E-state index contributed by atoms with van der Waals surface area (Å²) in [6, 6.07) is 14.9. The van der Waals surface area contributed by atoms with E-state index >= 15 is 0 Å². The van der Waals surface area contributed by atoms with Crippen LogP contribution in [0.25, 0.3) is 0 Å². The molecule has 2 aromatic carbocycles. The van der Waals surface area contributed by atoms with Crippen molar-refractivity contribution in [1.29, 1.82) is 0 Å². The van der Waals surface area contributed by atoms with Crippen LogP contribution in [0.15, 0.2) is 48.5 Å². The van der Waals surface area contributed by atoms with E-state index in [2.05, 4.69) is 31.3 Å². The van der Waals surface area contributed by atoms with Crippen LogP contribution in [-0.4, -0.2) is 0 Å². The van der Waals surface area contributed by atoms with Crippen molar-refractivity contribution in [1.82, 2.24) is 5.32 Å². The fraction of sp³-hybridized carbons (Fsp3) is 0.294. The van der Waals surface area contributed by atoms with E-state index in [1.807, 2.05) is 12.1 Å². The lowest BCUT2D eigenvalue weighted by Crippen LogP contribution is -2.18. The first-order valence-electron chi connectivity index (χ1n) is 6.74. The van der Waals surface area contributed by atoms with E-state index < -0.39 is 6.43 Å².